The van der Waals surface area contributed by atoms with Gasteiger partial charge in [0.05, 0.1) is 12.1 Å². The highest BCUT2D eigenvalue weighted by Crippen LogP contribution is 2.18. The molecule has 0 radical (unpaired) electrons. The van der Waals surface area contributed by atoms with Crippen LogP contribution in [0.15, 0.2) is 24.3 Å². The average molecular weight is 292 g/mol. The van der Waals surface area contributed by atoms with Gasteiger partial charge in [0.25, 0.3) is 0 Å². The van der Waals surface area contributed by atoms with Crippen molar-refractivity contribution in [1.29, 1.82) is 0 Å². The Balaban J connectivity index is 1.99. The molecule has 1 fully saturated rings. The molecule has 0 saturated carbocycles. The number of carbonyl (C=O) groups excluding carboxylic acids is 1. The fourth-order valence-electron chi connectivity index (χ4n) is 2.40. The van der Waals surface area contributed by atoms with E-state index in [0.29, 0.717) is 25.1 Å². The van der Waals surface area contributed by atoms with E-state index in [4.69, 9.17) is 9.84 Å². The molecular formula is C15H20N2O4. The molecule has 1 aliphatic heterocycles. The summed E-state index contributed by atoms with van der Waals surface area (Å²) in [5.41, 5.74) is 1.50. The third-order valence-corrected chi connectivity index (χ3v) is 3.62. The van der Waals surface area contributed by atoms with Gasteiger partial charge in [-0.05, 0) is 24.5 Å². The molecule has 0 aliphatic carbocycles. The monoisotopic (exact) mass is 292 g/mol. The van der Waals surface area contributed by atoms with Gasteiger partial charge in [-0.25, -0.2) is 0 Å². The summed E-state index contributed by atoms with van der Waals surface area (Å²) in [6.45, 7) is 0.662. The number of nitrogens with one attached hydrogen (secondary N) is 2. The molecule has 0 aromatic heterocycles. The van der Waals surface area contributed by atoms with Crippen LogP contribution in [0.3, 0.4) is 0 Å². The Morgan fingerprint density at radius 2 is 2.19 bits per heavy atom. The van der Waals surface area contributed by atoms with Crippen molar-refractivity contribution in [3.8, 4) is 0 Å². The maximum absolute atomic E-state index is 12.2. The SMILES string of the molecule is COC1CNC(C(=O)Nc2ccccc2CCC(=O)O)C1. The maximum Gasteiger partial charge on any atom is 0.303 e. The van der Waals surface area contributed by atoms with Crippen molar-refractivity contribution in [3.05, 3.63) is 29.8 Å². The molecule has 2 atom stereocenters. The molecule has 1 aromatic carbocycles. The van der Waals surface area contributed by atoms with Gasteiger partial charge >= 0.3 is 5.97 Å². The zero-order valence-corrected chi connectivity index (χ0v) is 12.0. The number of carboxylic acid groups (broad SMARTS) is 1. The Kier molecular flexibility index (Phi) is 5.30. The number of benzene rings is 1. The van der Waals surface area contributed by atoms with Gasteiger partial charge in [0, 0.05) is 25.8 Å². The summed E-state index contributed by atoms with van der Waals surface area (Å²) in [6, 6.07) is 7.00. The first-order valence-corrected chi connectivity index (χ1v) is 6.97. The number of carboxylic acids is 1. The van der Waals surface area contributed by atoms with Crippen molar-refractivity contribution < 1.29 is 19.4 Å². The second kappa shape index (κ2) is 7.19. The number of aliphatic carboxylic acids is 1. The number of para-hydroxylation sites is 1. The zero-order chi connectivity index (χ0) is 15.2. The summed E-state index contributed by atoms with van der Waals surface area (Å²) in [5.74, 6) is -0.964. The quantitative estimate of drug-likeness (QED) is 0.728. The lowest BCUT2D eigenvalue weighted by Gasteiger charge is -2.14. The van der Waals surface area contributed by atoms with Crippen LogP contribution in [0.2, 0.25) is 0 Å². The van der Waals surface area contributed by atoms with Gasteiger partial charge in [-0.3, -0.25) is 9.59 Å². The van der Waals surface area contributed by atoms with E-state index in [1.165, 1.54) is 0 Å². The number of ether oxygens (including phenoxy) is 1. The number of rotatable bonds is 6. The molecule has 6 nitrogen and oxygen atoms in total. The number of aryl methyl sites for hydroxylation is 1. The van der Waals surface area contributed by atoms with E-state index in [0.717, 1.165) is 5.56 Å². The lowest BCUT2D eigenvalue weighted by Crippen LogP contribution is -2.35. The van der Waals surface area contributed by atoms with Gasteiger partial charge < -0.3 is 20.5 Å². The van der Waals surface area contributed by atoms with Crippen LogP contribution in [0.25, 0.3) is 0 Å². The summed E-state index contributed by atoms with van der Waals surface area (Å²) < 4.78 is 5.22. The van der Waals surface area contributed by atoms with E-state index >= 15 is 0 Å². The summed E-state index contributed by atoms with van der Waals surface area (Å²) >= 11 is 0. The fraction of sp³-hybridized carbons (Fsp3) is 0.467. The highest BCUT2D eigenvalue weighted by atomic mass is 16.5. The van der Waals surface area contributed by atoms with E-state index in [-0.39, 0.29) is 24.5 Å². The van der Waals surface area contributed by atoms with Crippen LogP contribution in [0, 0.1) is 0 Å². The Bertz CT molecular complexity index is 518. The van der Waals surface area contributed by atoms with Crippen molar-refractivity contribution in [2.75, 3.05) is 19.0 Å². The molecule has 0 bridgehead atoms. The first-order chi connectivity index (χ1) is 10.1. The molecular weight excluding hydrogens is 272 g/mol. The summed E-state index contributed by atoms with van der Waals surface area (Å²) in [7, 11) is 1.63. The molecule has 1 amide bonds. The van der Waals surface area contributed by atoms with Crippen LogP contribution in [-0.2, 0) is 20.7 Å². The summed E-state index contributed by atoms with van der Waals surface area (Å²) in [4.78, 5) is 22.9. The summed E-state index contributed by atoms with van der Waals surface area (Å²) in [6.07, 6.45) is 1.13. The molecule has 1 aromatic rings. The Morgan fingerprint density at radius 3 is 2.86 bits per heavy atom. The number of hydrogen-bond acceptors (Lipinski definition) is 4. The zero-order valence-electron chi connectivity index (χ0n) is 12.0. The minimum Gasteiger partial charge on any atom is -0.481 e. The molecule has 3 N–H and O–H groups in total. The van der Waals surface area contributed by atoms with Crippen molar-refractivity contribution >= 4 is 17.6 Å². The van der Waals surface area contributed by atoms with Gasteiger partial charge in [0.1, 0.15) is 0 Å². The lowest BCUT2D eigenvalue weighted by atomic mass is 10.1. The normalized spacial score (nSPS) is 21.2. The number of methoxy groups -OCH3 is 1. The molecule has 114 valence electrons. The number of hydrogen-bond donors (Lipinski definition) is 3. The van der Waals surface area contributed by atoms with Gasteiger partial charge in [-0.15, -0.1) is 0 Å². The summed E-state index contributed by atoms with van der Waals surface area (Å²) in [5, 5.41) is 14.8. The van der Waals surface area contributed by atoms with Gasteiger partial charge in [0.2, 0.25) is 5.91 Å². The molecule has 2 unspecified atom stereocenters. The van der Waals surface area contributed by atoms with Crippen molar-refractivity contribution in [2.24, 2.45) is 0 Å². The van der Waals surface area contributed by atoms with Crippen LogP contribution in [0.1, 0.15) is 18.4 Å². The fourth-order valence-corrected chi connectivity index (χ4v) is 2.40. The first-order valence-electron chi connectivity index (χ1n) is 6.97. The van der Waals surface area contributed by atoms with Gasteiger partial charge in [-0.1, -0.05) is 18.2 Å². The molecule has 21 heavy (non-hydrogen) atoms. The minimum atomic E-state index is -0.850. The predicted molar refractivity (Wildman–Crippen MR) is 78.2 cm³/mol. The molecule has 6 heteroatoms. The topological polar surface area (TPSA) is 87.7 Å². The van der Waals surface area contributed by atoms with Crippen molar-refractivity contribution in [3.63, 3.8) is 0 Å². The third kappa shape index (κ3) is 4.27. The van der Waals surface area contributed by atoms with E-state index in [2.05, 4.69) is 10.6 Å². The van der Waals surface area contributed by atoms with E-state index in [1.54, 1.807) is 13.2 Å². The van der Waals surface area contributed by atoms with E-state index in [9.17, 15) is 9.59 Å². The number of anilines is 1. The van der Waals surface area contributed by atoms with E-state index in [1.807, 2.05) is 18.2 Å². The molecule has 1 saturated heterocycles. The molecule has 1 aliphatic rings. The second-order valence-electron chi connectivity index (χ2n) is 5.09. The molecule has 0 spiro atoms. The van der Waals surface area contributed by atoms with Crippen LogP contribution >= 0.6 is 0 Å². The Hall–Kier alpha value is -1.92. The largest absolute Gasteiger partial charge is 0.481 e. The Morgan fingerprint density at radius 1 is 1.43 bits per heavy atom. The van der Waals surface area contributed by atoms with Crippen LogP contribution < -0.4 is 10.6 Å². The predicted octanol–water partition coefficient (Wildman–Crippen LogP) is 1.02. The van der Waals surface area contributed by atoms with E-state index < -0.39 is 5.97 Å². The number of carbonyl (C=O) groups is 2. The average Bonchev–Trinajstić information content (AvgIpc) is 2.95. The van der Waals surface area contributed by atoms with Gasteiger partial charge in [-0.2, -0.15) is 0 Å². The molecule has 1 heterocycles. The maximum atomic E-state index is 12.2. The first kappa shape index (κ1) is 15.5. The lowest BCUT2D eigenvalue weighted by molar-refractivity contribution is -0.136. The van der Waals surface area contributed by atoms with Gasteiger partial charge in [0.15, 0.2) is 0 Å². The van der Waals surface area contributed by atoms with Crippen LogP contribution in [0.5, 0.6) is 0 Å². The highest BCUT2D eigenvalue weighted by molar-refractivity contribution is 5.95. The minimum absolute atomic E-state index is 0.0420. The third-order valence-electron chi connectivity index (χ3n) is 3.62. The molecule has 2 rings (SSSR count). The van der Waals surface area contributed by atoms with Crippen molar-refractivity contribution in [1.82, 2.24) is 5.32 Å². The highest BCUT2D eigenvalue weighted by Gasteiger charge is 2.29. The van der Waals surface area contributed by atoms with Crippen LogP contribution in [-0.4, -0.2) is 42.8 Å². The second-order valence-corrected chi connectivity index (χ2v) is 5.09. The standard InChI is InChI=1S/C15H20N2O4/c1-21-11-8-13(16-9-11)15(20)17-12-5-3-2-4-10(12)6-7-14(18)19/h2-5,11,13,16H,6-9H2,1H3,(H,17,20)(H,18,19). The number of amides is 1. The van der Waals surface area contributed by atoms with Crippen molar-refractivity contribution in [2.45, 2.75) is 31.4 Å². The smallest absolute Gasteiger partial charge is 0.303 e. The Labute approximate surface area is 123 Å². The van der Waals surface area contributed by atoms with Crippen LogP contribution in [0.4, 0.5) is 5.69 Å².